The average Bonchev–Trinajstić information content (AvgIpc) is 1.41. The SMILES string of the molecule is [2H]c1c([2H])c([2H])c(N(c2ccccc2)c2ccc3c(c2)c2c([2H])c([2H])c([2H])c([2H])c2n3-c2ccc3c(c2)N(c2ccc(C(C)(C)C)cc2-c2ccccc2)c2cc(C(C)(C)C)cc4c2B3c2ccc(-c3cc(C(C)(C)C)cc(C(C)(C)C)c3)cc2N4c2c(-c3ccccc3)cc(C(C)(C)C)cc2-c2ccccc2)c([2H])c1[2H]. The molecule has 0 saturated heterocycles. The number of fused-ring (bicyclic) bond motifs is 7. The molecule has 0 spiro atoms. The highest BCUT2D eigenvalue weighted by Crippen LogP contribution is 2.55. The number of aromatic nitrogens is 1. The molecule has 103 heavy (non-hydrogen) atoms. The minimum atomic E-state index is -0.519. The van der Waals surface area contributed by atoms with Crippen LogP contribution in [0.5, 0.6) is 0 Å². The summed E-state index contributed by atoms with van der Waals surface area (Å²) < 4.78 is 85.8. The molecular weight excluding hydrogens is 1240 g/mol. The van der Waals surface area contributed by atoms with Crippen molar-refractivity contribution in [3.05, 3.63) is 319 Å². The quantitative estimate of drug-likeness (QED) is 0.127. The number of para-hydroxylation sites is 3. The van der Waals surface area contributed by atoms with Crippen molar-refractivity contribution in [3.8, 4) is 50.2 Å². The van der Waals surface area contributed by atoms with Gasteiger partial charge in [-0.3, -0.25) is 0 Å². The first kappa shape index (κ1) is 56.7. The van der Waals surface area contributed by atoms with E-state index in [2.05, 4.69) is 302 Å². The van der Waals surface area contributed by atoms with Crippen LogP contribution in [0.4, 0.5) is 51.2 Å². The molecule has 0 radical (unpaired) electrons. The van der Waals surface area contributed by atoms with Crippen molar-refractivity contribution < 1.29 is 12.3 Å². The molecule has 0 saturated carbocycles. The number of hydrogen-bond acceptors (Lipinski definition) is 3. The van der Waals surface area contributed by atoms with Gasteiger partial charge < -0.3 is 19.3 Å². The highest BCUT2D eigenvalue weighted by molar-refractivity contribution is 7.00. The Balaban J connectivity index is 1.06. The molecular formula is C98H93BN4. The van der Waals surface area contributed by atoms with Gasteiger partial charge in [0.25, 0.3) is 6.71 Å². The molecule has 13 aromatic carbocycles. The molecule has 0 aliphatic carbocycles. The second-order valence-corrected chi connectivity index (χ2v) is 33.3. The summed E-state index contributed by atoms with van der Waals surface area (Å²) in [6.07, 6.45) is 0. The first-order valence-electron chi connectivity index (χ1n) is 40.7. The molecule has 1 aromatic heterocycles. The summed E-state index contributed by atoms with van der Waals surface area (Å²) in [6.45, 7) is 34.0. The van der Waals surface area contributed by atoms with E-state index in [9.17, 15) is 8.22 Å². The Morgan fingerprint density at radius 2 is 0.786 bits per heavy atom. The van der Waals surface area contributed by atoms with E-state index in [4.69, 9.17) is 4.11 Å². The lowest BCUT2D eigenvalue weighted by molar-refractivity contribution is 0.569. The molecule has 0 bridgehead atoms. The fourth-order valence-corrected chi connectivity index (χ4v) is 15.4. The average molecular weight is 1350 g/mol. The second-order valence-electron chi connectivity index (χ2n) is 33.3. The van der Waals surface area contributed by atoms with E-state index in [0.717, 1.165) is 101 Å². The van der Waals surface area contributed by atoms with E-state index in [1.165, 1.54) is 22.3 Å². The summed E-state index contributed by atoms with van der Waals surface area (Å²) in [5.41, 5.74) is 24.9. The minimum Gasteiger partial charge on any atom is -0.311 e. The standard InChI is InChI=1S/C98H93BN4/c1-94(2,3)69-46-51-86(79(57-69)64-33-21-16-22-34-64)102-89-63-77(101-85-44-32-31-43-78(85)82-62-76(48-52-87(82)101)100(74-39-27-19-28-40-74)75-41-29-20-30-42-75)47-50-84(89)99-83-49-45-67(68-53-70(95(4,5)6)56-71(54-68)96(7,8)9)55-88(83)103(91-61-73(98(13,14)15)60-90(102)92(91)99)93-80(65-35-23-17-24-36-65)58-72(97(10,11)12)59-81(93)66-37-25-18-26-38-66/h16-63H,1-15H3/i19D,27D,28D,31D,32D,39D,40D,43D,44D. The van der Waals surface area contributed by atoms with Crippen LogP contribution >= 0.6 is 0 Å². The predicted octanol–water partition coefficient (Wildman–Crippen LogP) is 25.5. The van der Waals surface area contributed by atoms with Crippen molar-refractivity contribution >= 4 is 96.1 Å². The van der Waals surface area contributed by atoms with Crippen molar-refractivity contribution in [2.24, 2.45) is 0 Å². The van der Waals surface area contributed by atoms with Gasteiger partial charge in [-0.25, -0.2) is 0 Å². The predicted molar refractivity (Wildman–Crippen MR) is 445 cm³/mol. The lowest BCUT2D eigenvalue weighted by Gasteiger charge is -2.46. The fourth-order valence-electron chi connectivity index (χ4n) is 15.4. The summed E-state index contributed by atoms with van der Waals surface area (Å²) in [5, 5.41) is 0.733. The van der Waals surface area contributed by atoms with E-state index in [-0.39, 0.29) is 50.3 Å². The number of benzene rings is 13. The second kappa shape index (κ2) is 25.0. The third-order valence-corrected chi connectivity index (χ3v) is 21.1. The Morgan fingerprint density at radius 1 is 0.301 bits per heavy atom. The Morgan fingerprint density at radius 3 is 1.36 bits per heavy atom. The normalized spacial score (nSPS) is 14.4. The summed E-state index contributed by atoms with van der Waals surface area (Å²) in [5.74, 6) is 0. The van der Waals surface area contributed by atoms with Gasteiger partial charge in [0.05, 0.1) is 34.7 Å². The van der Waals surface area contributed by atoms with Gasteiger partial charge in [-0.05, 0) is 202 Å². The van der Waals surface area contributed by atoms with Crippen molar-refractivity contribution in [2.75, 3.05) is 14.7 Å². The van der Waals surface area contributed by atoms with E-state index >= 15 is 0 Å². The van der Waals surface area contributed by atoms with Crippen molar-refractivity contribution in [1.82, 2.24) is 4.57 Å². The van der Waals surface area contributed by atoms with E-state index in [0.29, 0.717) is 28.0 Å². The monoisotopic (exact) mass is 1350 g/mol. The van der Waals surface area contributed by atoms with Crippen LogP contribution in [0, 0.1) is 0 Å². The Kier molecular flexibility index (Phi) is 13.8. The molecule has 0 unspecified atom stereocenters. The molecule has 0 amide bonds. The molecule has 2 aliphatic heterocycles. The largest absolute Gasteiger partial charge is 0.311 e. The summed E-state index contributed by atoms with van der Waals surface area (Å²) in [6, 6.07) is 81.3. The molecule has 14 aromatic rings. The highest BCUT2D eigenvalue weighted by Gasteiger charge is 2.46. The van der Waals surface area contributed by atoms with Gasteiger partial charge >= 0.3 is 0 Å². The van der Waals surface area contributed by atoms with Gasteiger partial charge in [-0.2, -0.15) is 0 Å². The van der Waals surface area contributed by atoms with E-state index < -0.39 is 54.4 Å². The molecule has 0 N–H and O–H groups in total. The maximum absolute atomic E-state index is 10.1. The van der Waals surface area contributed by atoms with E-state index in [1.807, 2.05) is 53.1 Å². The van der Waals surface area contributed by atoms with Crippen molar-refractivity contribution in [1.29, 1.82) is 0 Å². The first-order chi connectivity index (χ1) is 53.0. The van der Waals surface area contributed by atoms with Gasteiger partial charge in [0.15, 0.2) is 0 Å². The number of anilines is 9. The first-order valence-corrected chi connectivity index (χ1v) is 36.2. The van der Waals surface area contributed by atoms with Gasteiger partial charge in [0.2, 0.25) is 0 Å². The van der Waals surface area contributed by atoms with Crippen LogP contribution in [0.25, 0.3) is 72.0 Å². The zero-order chi connectivity index (χ0) is 79.5. The third kappa shape index (κ3) is 11.9. The highest BCUT2D eigenvalue weighted by atomic mass is 15.2. The molecule has 0 atom stereocenters. The van der Waals surface area contributed by atoms with Crippen LogP contribution < -0.4 is 31.1 Å². The molecule has 4 nitrogen and oxygen atoms in total. The van der Waals surface area contributed by atoms with Crippen LogP contribution in [0.2, 0.25) is 0 Å². The molecule has 16 rings (SSSR count). The summed E-state index contributed by atoms with van der Waals surface area (Å²) in [7, 11) is 0. The smallest absolute Gasteiger partial charge is 0.252 e. The van der Waals surface area contributed by atoms with Crippen molar-refractivity contribution in [3.63, 3.8) is 0 Å². The van der Waals surface area contributed by atoms with Crippen molar-refractivity contribution in [2.45, 2.75) is 131 Å². The zero-order valence-electron chi connectivity index (χ0n) is 70.9. The minimum absolute atomic E-state index is 0.0693. The molecule has 0 fully saturated rings. The Hall–Kier alpha value is -10.9. The van der Waals surface area contributed by atoms with Crippen LogP contribution in [0.15, 0.2) is 291 Å². The fraction of sp³-hybridized carbons (Fsp3) is 0.204. The molecule has 508 valence electrons. The zero-order valence-corrected chi connectivity index (χ0v) is 61.9. The molecule has 2 aliphatic rings. The van der Waals surface area contributed by atoms with Gasteiger partial charge in [-0.1, -0.05) is 292 Å². The van der Waals surface area contributed by atoms with Gasteiger partial charge in [-0.15, -0.1) is 0 Å². The number of rotatable bonds is 10. The number of hydrogen-bond donors (Lipinski definition) is 0. The lowest BCUT2D eigenvalue weighted by Crippen LogP contribution is -2.61. The summed E-state index contributed by atoms with van der Waals surface area (Å²) in [4.78, 5) is 6.76. The lowest BCUT2D eigenvalue weighted by atomic mass is 9.33. The Bertz CT molecular complexity index is 6040. The van der Waals surface area contributed by atoms with Crippen LogP contribution in [0.1, 0.15) is 144 Å². The Labute approximate surface area is 624 Å². The number of nitrogens with zero attached hydrogens (tertiary/aromatic N) is 4. The summed E-state index contributed by atoms with van der Waals surface area (Å²) >= 11 is 0. The van der Waals surface area contributed by atoms with Crippen LogP contribution in [-0.4, -0.2) is 11.3 Å². The topological polar surface area (TPSA) is 14.7 Å². The maximum Gasteiger partial charge on any atom is 0.252 e. The van der Waals surface area contributed by atoms with Crippen LogP contribution in [-0.2, 0) is 27.1 Å². The third-order valence-electron chi connectivity index (χ3n) is 21.1. The van der Waals surface area contributed by atoms with Gasteiger partial charge in [0, 0.05) is 73.0 Å². The van der Waals surface area contributed by atoms with E-state index in [1.54, 1.807) is 4.90 Å². The maximum atomic E-state index is 10.1. The molecule has 3 heterocycles. The molecule has 5 heteroatoms. The van der Waals surface area contributed by atoms with Crippen LogP contribution in [0.3, 0.4) is 0 Å². The van der Waals surface area contributed by atoms with Gasteiger partial charge in [0.1, 0.15) is 0 Å².